The van der Waals surface area contributed by atoms with E-state index in [2.05, 4.69) is 4.98 Å². The molecule has 1 saturated heterocycles. The third kappa shape index (κ3) is 4.14. The lowest BCUT2D eigenvalue weighted by molar-refractivity contribution is -0.123. The van der Waals surface area contributed by atoms with Crippen molar-refractivity contribution in [2.45, 2.75) is 36.3 Å². The maximum Gasteiger partial charge on any atom is 0.446 e. The van der Waals surface area contributed by atoms with Crippen molar-refractivity contribution in [3.8, 4) is 0 Å². The first-order chi connectivity index (χ1) is 15.0. The zero-order chi connectivity index (χ0) is 23.3. The van der Waals surface area contributed by atoms with E-state index in [1.807, 2.05) is 6.07 Å². The van der Waals surface area contributed by atoms with Crippen LogP contribution >= 0.6 is 23.4 Å². The van der Waals surface area contributed by atoms with Crippen LogP contribution in [-0.4, -0.2) is 32.9 Å². The number of amides is 3. The van der Waals surface area contributed by atoms with Gasteiger partial charge < -0.3 is 4.90 Å². The van der Waals surface area contributed by atoms with E-state index >= 15 is 0 Å². The Bertz CT molecular complexity index is 1220. The summed E-state index contributed by atoms with van der Waals surface area (Å²) in [4.78, 5) is 33.1. The van der Waals surface area contributed by atoms with Crippen LogP contribution in [0.4, 0.5) is 23.7 Å². The van der Waals surface area contributed by atoms with E-state index in [1.54, 1.807) is 38.2 Å². The van der Waals surface area contributed by atoms with Crippen LogP contribution in [0.25, 0.3) is 10.9 Å². The summed E-state index contributed by atoms with van der Waals surface area (Å²) >= 11 is 5.79. The van der Waals surface area contributed by atoms with Crippen LogP contribution in [0.1, 0.15) is 19.4 Å². The average Bonchev–Trinajstić information content (AvgIpc) is 2.87. The number of imide groups is 1. The van der Waals surface area contributed by atoms with Crippen LogP contribution in [0.2, 0.25) is 5.02 Å². The quantitative estimate of drug-likeness (QED) is 0.328. The summed E-state index contributed by atoms with van der Waals surface area (Å²) in [5.41, 5.74) is -3.90. The van der Waals surface area contributed by atoms with Crippen molar-refractivity contribution >= 4 is 51.9 Å². The summed E-state index contributed by atoms with van der Waals surface area (Å²) in [6.45, 7) is 3.43. The maximum atomic E-state index is 13.2. The summed E-state index contributed by atoms with van der Waals surface area (Å²) in [6.07, 6.45) is 1.61. The number of rotatable bonds is 4. The molecule has 32 heavy (non-hydrogen) atoms. The zero-order valence-electron chi connectivity index (χ0n) is 17.0. The fourth-order valence-corrected chi connectivity index (χ4v) is 4.32. The van der Waals surface area contributed by atoms with Gasteiger partial charge in [0.2, 0.25) is 0 Å². The van der Waals surface area contributed by atoms with Crippen LogP contribution in [-0.2, 0) is 11.3 Å². The van der Waals surface area contributed by atoms with Crippen LogP contribution < -0.4 is 4.90 Å². The highest BCUT2D eigenvalue weighted by Crippen LogP contribution is 2.39. The average molecular weight is 480 g/mol. The highest BCUT2D eigenvalue weighted by atomic mass is 35.5. The number of thioether (sulfide) groups is 1. The number of hydrogen-bond donors (Lipinski definition) is 0. The summed E-state index contributed by atoms with van der Waals surface area (Å²) in [6, 6.07) is 11.6. The van der Waals surface area contributed by atoms with Gasteiger partial charge in [0.05, 0.1) is 11.2 Å². The van der Waals surface area contributed by atoms with Crippen LogP contribution in [0.5, 0.6) is 0 Å². The van der Waals surface area contributed by atoms with E-state index in [-0.39, 0.29) is 28.9 Å². The number of fused-ring (bicyclic) bond motifs is 1. The molecule has 0 spiro atoms. The largest absolute Gasteiger partial charge is 0.446 e. The number of benzene rings is 2. The number of nitrogens with zero attached hydrogens (tertiary/aromatic N) is 3. The molecule has 5 nitrogen and oxygen atoms in total. The SMILES string of the molecule is CC1(C)C(=O)N(c2ccc(SC(F)(F)F)cc2)C(=O)N1Cc1ccnc2cc(Cl)ccc12. The molecule has 1 aromatic heterocycles. The molecule has 10 heteroatoms. The van der Waals surface area contributed by atoms with E-state index < -0.39 is 23.0 Å². The normalized spacial score (nSPS) is 16.3. The first-order valence-corrected chi connectivity index (χ1v) is 10.7. The molecule has 1 fully saturated rings. The number of aromatic nitrogens is 1. The smallest absolute Gasteiger partial charge is 0.305 e. The maximum absolute atomic E-state index is 13.2. The Balaban J connectivity index is 1.65. The second kappa shape index (κ2) is 7.97. The monoisotopic (exact) mass is 479 g/mol. The zero-order valence-corrected chi connectivity index (χ0v) is 18.6. The third-order valence-electron chi connectivity index (χ3n) is 5.28. The number of carbonyl (C=O) groups excluding carboxylic acids is 2. The molecule has 0 unspecified atom stereocenters. The molecule has 2 aromatic carbocycles. The number of alkyl halides is 3. The molecule has 0 N–H and O–H groups in total. The lowest BCUT2D eigenvalue weighted by atomic mass is 10.0. The predicted octanol–water partition coefficient (Wildman–Crippen LogP) is 6.25. The fourth-order valence-electron chi connectivity index (χ4n) is 3.61. The molecular weight excluding hydrogens is 463 g/mol. The van der Waals surface area contributed by atoms with E-state index in [9.17, 15) is 22.8 Å². The van der Waals surface area contributed by atoms with E-state index in [0.717, 1.165) is 15.8 Å². The molecule has 2 heterocycles. The second-order valence-electron chi connectivity index (χ2n) is 7.74. The predicted molar refractivity (Wildman–Crippen MR) is 118 cm³/mol. The number of pyridine rings is 1. The summed E-state index contributed by atoms with van der Waals surface area (Å²) in [5, 5.41) is 1.34. The van der Waals surface area contributed by atoms with Crippen molar-refractivity contribution in [1.29, 1.82) is 0 Å². The van der Waals surface area contributed by atoms with Crippen LogP contribution in [0.15, 0.2) is 59.6 Å². The van der Waals surface area contributed by atoms with Gasteiger partial charge in [0.1, 0.15) is 5.54 Å². The number of hydrogen-bond acceptors (Lipinski definition) is 4. The summed E-state index contributed by atoms with van der Waals surface area (Å²) < 4.78 is 37.8. The topological polar surface area (TPSA) is 53.5 Å². The van der Waals surface area contributed by atoms with Gasteiger partial charge in [0.25, 0.3) is 5.91 Å². The fraction of sp³-hybridized carbons (Fsp3) is 0.227. The van der Waals surface area contributed by atoms with Crippen LogP contribution in [0.3, 0.4) is 0 Å². The number of carbonyl (C=O) groups is 2. The Labute approximate surface area is 191 Å². The molecule has 1 aliphatic heterocycles. The number of halogens is 4. The molecule has 0 radical (unpaired) electrons. The van der Waals surface area contributed by atoms with Gasteiger partial charge in [-0.05, 0) is 73.6 Å². The Morgan fingerprint density at radius 1 is 1.06 bits per heavy atom. The van der Waals surface area contributed by atoms with Gasteiger partial charge in [-0.2, -0.15) is 13.2 Å². The van der Waals surface area contributed by atoms with Crippen molar-refractivity contribution in [1.82, 2.24) is 9.88 Å². The standard InChI is InChI=1S/C22H17ClF3N3O2S/c1-21(2)19(30)29(15-4-6-16(7-5-15)32-22(24,25)26)20(31)28(21)12-13-9-10-27-18-11-14(23)3-8-17(13)18/h3-11H,12H2,1-2H3. The van der Waals surface area contributed by atoms with Crippen molar-refractivity contribution in [3.05, 3.63) is 65.3 Å². The minimum absolute atomic E-state index is 0.0293. The van der Waals surface area contributed by atoms with Crippen molar-refractivity contribution < 1.29 is 22.8 Å². The first kappa shape index (κ1) is 22.4. The lowest BCUT2D eigenvalue weighted by Gasteiger charge is -2.28. The van der Waals surface area contributed by atoms with Gasteiger partial charge in [-0.15, -0.1) is 0 Å². The van der Waals surface area contributed by atoms with Gasteiger partial charge in [-0.3, -0.25) is 9.78 Å². The molecule has 0 atom stereocenters. The molecule has 1 aliphatic rings. The van der Waals surface area contributed by atoms with Crippen molar-refractivity contribution in [2.24, 2.45) is 0 Å². The van der Waals surface area contributed by atoms with E-state index in [0.29, 0.717) is 10.5 Å². The molecule has 0 aliphatic carbocycles. The highest BCUT2D eigenvalue weighted by Gasteiger charge is 2.51. The number of urea groups is 1. The highest BCUT2D eigenvalue weighted by molar-refractivity contribution is 8.00. The Kier molecular flexibility index (Phi) is 5.58. The van der Waals surface area contributed by atoms with Gasteiger partial charge in [-0.25, -0.2) is 9.69 Å². The Hall–Kier alpha value is -2.78. The van der Waals surface area contributed by atoms with Gasteiger partial charge in [0.15, 0.2) is 0 Å². The Morgan fingerprint density at radius 2 is 1.75 bits per heavy atom. The van der Waals surface area contributed by atoms with E-state index in [4.69, 9.17) is 11.6 Å². The van der Waals surface area contributed by atoms with Crippen molar-refractivity contribution in [3.63, 3.8) is 0 Å². The van der Waals surface area contributed by atoms with Gasteiger partial charge in [-0.1, -0.05) is 17.7 Å². The molecule has 3 amide bonds. The van der Waals surface area contributed by atoms with E-state index in [1.165, 1.54) is 29.2 Å². The molecule has 4 rings (SSSR count). The summed E-state index contributed by atoms with van der Waals surface area (Å²) in [5.74, 6) is -0.458. The number of anilines is 1. The second-order valence-corrected chi connectivity index (χ2v) is 9.32. The molecule has 0 bridgehead atoms. The minimum Gasteiger partial charge on any atom is -0.305 e. The lowest BCUT2D eigenvalue weighted by Crippen LogP contribution is -2.43. The summed E-state index contributed by atoms with van der Waals surface area (Å²) in [7, 11) is 0. The van der Waals surface area contributed by atoms with Gasteiger partial charge in [0, 0.05) is 28.0 Å². The van der Waals surface area contributed by atoms with Crippen molar-refractivity contribution in [2.75, 3.05) is 4.90 Å². The van der Waals surface area contributed by atoms with Gasteiger partial charge >= 0.3 is 11.5 Å². The van der Waals surface area contributed by atoms with Crippen LogP contribution in [0, 0.1) is 0 Å². The third-order valence-corrected chi connectivity index (χ3v) is 6.25. The minimum atomic E-state index is -4.42. The molecule has 3 aromatic rings. The molecule has 166 valence electrons. The molecule has 0 saturated carbocycles. The Morgan fingerprint density at radius 3 is 2.41 bits per heavy atom. The first-order valence-electron chi connectivity index (χ1n) is 9.52. The molecular formula is C22H17ClF3N3O2S.